The summed E-state index contributed by atoms with van der Waals surface area (Å²) in [6, 6.07) is 0. The number of nitrogens with zero attached hydrogens (tertiary/aromatic N) is 10. The van der Waals surface area contributed by atoms with E-state index in [9.17, 15) is 0 Å². The Balaban J connectivity index is 0.000000219. The third-order valence-corrected chi connectivity index (χ3v) is 4.42. The van der Waals surface area contributed by atoms with Crippen molar-refractivity contribution in [2.45, 2.75) is 66.7 Å². The number of tetrazole rings is 1. The van der Waals surface area contributed by atoms with Crippen molar-refractivity contribution in [1.29, 1.82) is 0 Å². The summed E-state index contributed by atoms with van der Waals surface area (Å²) in [7, 11) is 1.85. The molecule has 2 aliphatic heterocycles. The molecule has 0 fully saturated rings. The van der Waals surface area contributed by atoms with Crippen LogP contribution in [0.2, 0.25) is 0 Å². The van der Waals surface area contributed by atoms with Crippen LogP contribution >= 0.6 is 0 Å². The average Bonchev–Trinajstić information content (AvgIpc) is 3.73. The molecule has 0 bridgehead atoms. The molecule has 0 aromatic carbocycles. The summed E-state index contributed by atoms with van der Waals surface area (Å²) < 4.78 is 1.68. The molecule has 0 aliphatic carbocycles. The highest BCUT2D eigenvalue weighted by Crippen LogP contribution is 2.07. The fraction of sp³-hybridized carbons (Fsp3) is 0.522. The number of nitrogens with one attached hydrogen (secondary N) is 2. The highest BCUT2D eigenvalue weighted by Gasteiger charge is 1.92. The number of aryl methyl sites for hydroxylation is 4. The Kier molecular flexibility index (Phi) is 15.5. The molecule has 0 spiro atoms. The molecule has 3 aromatic rings. The van der Waals surface area contributed by atoms with Gasteiger partial charge in [0.15, 0.2) is 5.82 Å². The fourth-order valence-electron chi connectivity index (χ4n) is 2.47. The van der Waals surface area contributed by atoms with Crippen LogP contribution in [-0.2, 0) is 19.9 Å². The zero-order chi connectivity index (χ0) is 25.7. The molecule has 0 unspecified atom stereocenters. The monoisotopic (exact) mass is 482 g/mol. The van der Waals surface area contributed by atoms with Gasteiger partial charge in [0.25, 0.3) is 0 Å². The summed E-state index contributed by atoms with van der Waals surface area (Å²) >= 11 is 0. The predicted octanol–water partition coefficient (Wildman–Crippen LogP) is 3.41. The number of hydrogen-bond acceptors (Lipinski definition) is 9. The van der Waals surface area contributed by atoms with Crippen LogP contribution in [0.3, 0.4) is 0 Å². The van der Waals surface area contributed by atoms with Gasteiger partial charge in [-0.25, -0.2) is 4.98 Å². The summed E-state index contributed by atoms with van der Waals surface area (Å²) in [5, 5.41) is 26.9. The number of H-pyrrole nitrogens is 2. The van der Waals surface area contributed by atoms with Gasteiger partial charge in [-0.2, -0.15) is 10.3 Å². The third kappa shape index (κ3) is 14.1. The third-order valence-electron chi connectivity index (χ3n) is 4.42. The van der Waals surface area contributed by atoms with Crippen LogP contribution in [0.4, 0.5) is 0 Å². The van der Waals surface area contributed by atoms with Crippen molar-refractivity contribution in [3.05, 3.63) is 53.3 Å². The van der Waals surface area contributed by atoms with E-state index in [1.807, 2.05) is 46.4 Å². The van der Waals surface area contributed by atoms with Gasteiger partial charge in [0.2, 0.25) is 0 Å². The topological polar surface area (TPSA) is 151 Å². The molecule has 2 N–H and O–H groups in total. The van der Waals surface area contributed by atoms with E-state index in [-0.39, 0.29) is 0 Å². The molecule has 0 amide bonds. The molecule has 0 atom stereocenters. The molecule has 5 rings (SSSR count). The zero-order valence-electron chi connectivity index (χ0n) is 21.7. The SMILES string of the molecule is CCC1=CCC=N1.CCC1=CCN=C1.CCc1ncn[nH]1.CCc1nn[nH]n1.Cc1cn(C)nn1. The van der Waals surface area contributed by atoms with Crippen LogP contribution in [0.5, 0.6) is 0 Å². The van der Waals surface area contributed by atoms with E-state index in [0.29, 0.717) is 0 Å². The van der Waals surface area contributed by atoms with Gasteiger partial charge in [-0.1, -0.05) is 50.3 Å². The lowest BCUT2D eigenvalue weighted by atomic mass is 10.2. The Morgan fingerprint density at radius 3 is 2.09 bits per heavy atom. The fourth-order valence-corrected chi connectivity index (χ4v) is 2.47. The van der Waals surface area contributed by atoms with Crippen molar-refractivity contribution in [2.75, 3.05) is 6.54 Å². The highest BCUT2D eigenvalue weighted by atomic mass is 15.5. The Morgan fingerprint density at radius 1 is 1.00 bits per heavy atom. The summed E-state index contributed by atoms with van der Waals surface area (Å²) in [5.41, 5.74) is 3.57. The van der Waals surface area contributed by atoms with Crippen LogP contribution in [0.15, 0.2) is 45.9 Å². The van der Waals surface area contributed by atoms with Crippen molar-refractivity contribution < 1.29 is 0 Å². The van der Waals surface area contributed by atoms with Gasteiger partial charge in [-0.05, 0) is 25.3 Å². The van der Waals surface area contributed by atoms with Crippen LogP contribution in [0.25, 0.3) is 0 Å². The van der Waals surface area contributed by atoms with Gasteiger partial charge in [0, 0.05) is 50.6 Å². The standard InChI is InChI=1S/2C6H9N.2C4H7N3.C3H6N4/c1-2-6-3-4-7-5-6;1-2-6-4-3-5-7-6;1-4-3-7(2)6-5-4;1-2-4-5-3-6-7-4;1-2-3-4-6-7-5-3/h3,5H,2,4H2,1H3;4-5H,2-3H2,1H3;3H,1-2H3;3H,2H2,1H3,(H,5,6,7);2H2,1H3,(H,4,5,6,7). The van der Waals surface area contributed by atoms with E-state index < -0.39 is 0 Å². The number of aromatic nitrogens is 10. The predicted molar refractivity (Wildman–Crippen MR) is 138 cm³/mol. The van der Waals surface area contributed by atoms with E-state index in [4.69, 9.17) is 0 Å². The van der Waals surface area contributed by atoms with E-state index in [1.54, 1.807) is 4.68 Å². The number of aromatic amines is 2. The van der Waals surface area contributed by atoms with Crippen molar-refractivity contribution in [2.24, 2.45) is 17.0 Å². The first kappa shape index (κ1) is 29.2. The second kappa shape index (κ2) is 18.6. The lowest BCUT2D eigenvalue weighted by Gasteiger charge is -1.83. The van der Waals surface area contributed by atoms with Gasteiger partial charge in [-0.3, -0.25) is 19.8 Å². The van der Waals surface area contributed by atoms with Crippen LogP contribution < -0.4 is 0 Å². The summed E-state index contributed by atoms with van der Waals surface area (Å²) in [6.07, 6.45) is 16.6. The number of hydrogen-bond donors (Lipinski definition) is 2. The minimum Gasteiger partial charge on any atom is -0.289 e. The first-order valence-electron chi connectivity index (χ1n) is 11.8. The largest absolute Gasteiger partial charge is 0.289 e. The van der Waals surface area contributed by atoms with Crippen molar-refractivity contribution in [1.82, 2.24) is 50.8 Å². The lowest BCUT2D eigenvalue weighted by molar-refractivity contribution is 0.714. The minimum atomic E-state index is 0.764. The molecular formula is C23H38N12. The van der Waals surface area contributed by atoms with Crippen molar-refractivity contribution in [3.8, 4) is 0 Å². The van der Waals surface area contributed by atoms with E-state index in [0.717, 1.165) is 56.0 Å². The summed E-state index contributed by atoms with van der Waals surface area (Å²) in [4.78, 5) is 12.0. The molecule has 12 nitrogen and oxygen atoms in total. The second-order valence-corrected chi connectivity index (χ2v) is 7.22. The van der Waals surface area contributed by atoms with Crippen molar-refractivity contribution >= 4 is 12.4 Å². The molecular weight excluding hydrogens is 444 g/mol. The molecule has 190 valence electrons. The van der Waals surface area contributed by atoms with E-state index in [2.05, 4.69) is 82.1 Å². The Morgan fingerprint density at radius 2 is 1.83 bits per heavy atom. The lowest BCUT2D eigenvalue weighted by Crippen LogP contribution is -1.85. The zero-order valence-corrected chi connectivity index (χ0v) is 21.7. The maximum absolute atomic E-state index is 4.09. The molecule has 0 saturated carbocycles. The van der Waals surface area contributed by atoms with E-state index >= 15 is 0 Å². The Hall–Kier alpha value is -3.83. The Labute approximate surface area is 207 Å². The summed E-state index contributed by atoms with van der Waals surface area (Å²) in [5.74, 6) is 1.71. The van der Waals surface area contributed by atoms with Crippen molar-refractivity contribution in [3.63, 3.8) is 0 Å². The maximum Gasteiger partial charge on any atom is 0.174 e. The Bertz CT molecular complexity index is 930. The number of allylic oxidation sites excluding steroid dienone is 3. The first-order chi connectivity index (χ1) is 17.0. The molecule has 5 heterocycles. The van der Waals surface area contributed by atoms with Crippen LogP contribution in [-0.4, -0.2) is 69.8 Å². The molecule has 35 heavy (non-hydrogen) atoms. The smallest absolute Gasteiger partial charge is 0.174 e. The van der Waals surface area contributed by atoms with E-state index in [1.165, 1.54) is 17.6 Å². The van der Waals surface area contributed by atoms with Gasteiger partial charge < -0.3 is 0 Å². The van der Waals surface area contributed by atoms with Gasteiger partial charge >= 0.3 is 0 Å². The van der Waals surface area contributed by atoms with Crippen LogP contribution in [0, 0.1) is 6.92 Å². The first-order valence-corrected chi connectivity index (χ1v) is 11.8. The molecule has 3 aromatic heterocycles. The second-order valence-electron chi connectivity index (χ2n) is 7.22. The molecule has 0 saturated heterocycles. The van der Waals surface area contributed by atoms with Crippen LogP contribution in [0.1, 0.15) is 64.3 Å². The average molecular weight is 483 g/mol. The molecule has 12 heteroatoms. The van der Waals surface area contributed by atoms with Gasteiger partial charge in [0.05, 0.1) is 12.2 Å². The maximum atomic E-state index is 4.09. The summed E-state index contributed by atoms with van der Waals surface area (Å²) in [6.45, 7) is 11.1. The normalized spacial score (nSPS) is 12.6. The molecule has 2 aliphatic rings. The minimum absolute atomic E-state index is 0.764. The highest BCUT2D eigenvalue weighted by molar-refractivity contribution is 5.80. The number of aliphatic imine (C=N–C) groups is 2. The molecule has 0 radical (unpaired) electrons. The van der Waals surface area contributed by atoms with Gasteiger partial charge in [-0.15, -0.1) is 15.3 Å². The number of rotatable bonds is 4. The van der Waals surface area contributed by atoms with Gasteiger partial charge in [0.1, 0.15) is 12.2 Å². The quantitative estimate of drug-likeness (QED) is 0.578.